The molecule has 7 heteroatoms. The fourth-order valence-electron chi connectivity index (χ4n) is 2.00. The van der Waals surface area contributed by atoms with Crippen molar-refractivity contribution in [3.63, 3.8) is 0 Å². The van der Waals surface area contributed by atoms with Crippen LogP contribution in [0.5, 0.6) is 0 Å². The largest absolute Gasteiger partial charge is 0.393 e. The molecule has 0 amide bonds. The lowest BCUT2D eigenvalue weighted by molar-refractivity contribution is -0.384. The van der Waals surface area contributed by atoms with Gasteiger partial charge in [0, 0.05) is 32.1 Å². The van der Waals surface area contributed by atoms with Crippen molar-refractivity contribution in [2.75, 3.05) is 12.8 Å². The number of nitro benzene ring substituents is 1. The number of rotatable bonds is 5. The van der Waals surface area contributed by atoms with Crippen molar-refractivity contribution in [3.8, 4) is 0 Å². The van der Waals surface area contributed by atoms with Crippen LogP contribution in [-0.2, 0) is 20.1 Å². The minimum atomic E-state index is -0.461. The first-order chi connectivity index (χ1) is 9.47. The van der Waals surface area contributed by atoms with Crippen LogP contribution in [0.3, 0.4) is 0 Å². The van der Waals surface area contributed by atoms with E-state index < -0.39 is 4.92 Å². The first-order valence-electron chi connectivity index (χ1n) is 6.15. The Hall–Kier alpha value is -2.41. The second kappa shape index (κ2) is 5.70. The van der Waals surface area contributed by atoms with Gasteiger partial charge in [-0.1, -0.05) is 6.07 Å². The highest BCUT2D eigenvalue weighted by atomic mass is 16.6. The highest BCUT2D eigenvalue weighted by Crippen LogP contribution is 2.23. The average Bonchev–Trinajstić information content (AvgIpc) is 2.77. The van der Waals surface area contributed by atoms with Crippen LogP contribution in [0, 0.1) is 10.1 Å². The standard InChI is InChI=1S/C13H17N5O2/c1-16(9-13-15-5-6-17(13)2)8-10-3-4-11(14)12(7-10)18(19)20/h3-7H,8-9,14H2,1-2H3. The van der Waals surface area contributed by atoms with Crippen molar-refractivity contribution in [2.45, 2.75) is 13.1 Å². The molecule has 0 radical (unpaired) electrons. The summed E-state index contributed by atoms with van der Waals surface area (Å²) < 4.78 is 1.95. The molecule has 106 valence electrons. The van der Waals surface area contributed by atoms with Gasteiger partial charge in [0.1, 0.15) is 11.5 Å². The predicted molar refractivity (Wildman–Crippen MR) is 75.9 cm³/mol. The molecule has 1 aromatic heterocycles. The molecule has 7 nitrogen and oxygen atoms in total. The van der Waals surface area contributed by atoms with Crippen molar-refractivity contribution in [1.29, 1.82) is 0 Å². The minimum absolute atomic E-state index is 0.0482. The van der Waals surface area contributed by atoms with Crippen LogP contribution in [0.2, 0.25) is 0 Å². The number of nitrogens with zero attached hydrogens (tertiary/aromatic N) is 4. The van der Waals surface area contributed by atoms with Gasteiger partial charge in [0.05, 0.1) is 11.5 Å². The van der Waals surface area contributed by atoms with Crippen LogP contribution in [0.15, 0.2) is 30.6 Å². The number of imidazole rings is 1. The van der Waals surface area contributed by atoms with Gasteiger partial charge < -0.3 is 10.3 Å². The Balaban J connectivity index is 2.08. The number of nitro groups is 1. The summed E-state index contributed by atoms with van der Waals surface area (Å²) in [6.07, 6.45) is 3.63. The maximum absolute atomic E-state index is 10.9. The van der Waals surface area contributed by atoms with E-state index in [0.29, 0.717) is 13.1 Å². The normalized spacial score (nSPS) is 10.9. The lowest BCUT2D eigenvalue weighted by Crippen LogP contribution is -2.19. The lowest BCUT2D eigenvalue weighted by atomic mass is 10.1. The molecular weight excluding hydrogens is 258 g/mol. The Morgan fingerprint density at radius 1 is 1.45 bits per heavy atom. The van der Waals surface area contributed by atoms with E-state index in [9.17, 15) is 10.1 Å². The summed E-state index contributed by atoms with van der Waals surface area (Å²) >= 11 is 0. The minimum Gasteiger partial charge on any atom is -0.393 e. The number of aryl methyl sites for hydroxylation is 1. The number of hydrogen-bond donors (Lipinski definition) is 1. The van der Waals surface area contributed by atoms with Gasteiger partial charge in [-0.25, -0.2) is 4.98 Å². The van der Waals surface area contributed by atoms with E-state index in [1.165, 1.54) is 6.07 Å². The summed E-state index contributed by atoms with van der Waals surface area (Å²) in [6.45, 7) is 1.26. The van der Waals surface area contributed by atoms with Crippen LogP contribution < -0.4 is 5.73 Å². The molecule has 20 heavy (non-hydrogen) atoms. The van der Waals surface area contributed by atoms with Crippen molar-refractivity contribution in [3.05, 3.63) is 52.1 Å². The van der Waals surface area contributed by atoms with Crippen LogP contribution in [-0.4, -0.2) is 26.4 Å². The van der Waals surface area contributed by atoms with E-state index in [0.717, 1.165) is 11.4 Å². The van der Waals surface area contributed by atoms with E-state index in [4.69, 9.17) is 5.73 Å². The molecule has 0 aliphatic rings. The molecule has 0 bridgehead atoms. The number of nitrogens with two attached hydrogens (primary N) is 1. The second-order valence-electron chi connectivity index (χ2n) is 4.78. The molecule has 2 aromatic rings. The Kier molecular flexibility index (Phi) is 3.99. The summed E-state index contributed by atoms with van der Waals surface area (Å²) in [5.74, 6) is 0.942. The van der Waals surface area contributed by atoms with E-state index in [1.54, 1.807) is 18.3 Å². The molecule has 1 heterocycles. The zero-order chi connectivity index (χ0) is 14.7. The van der Waals surface area contributed by atoms with Crippen LogP contribution in [0.4, 0.5) is 11.4 Å². The summed E-state index contributed by atoms with van der Waals surface area (Å²) in [6, 6.07) is 4.89. The topological polar surface area (TPSA) is 90.2 Å². The molecule has 0 aliphatic carbocycles. The maximum Gasteiger partial charge on any atom is 0.292 e. The molecule has 1 aromatic carbocycles. The third-order valence-electron chi connectivity index (χ3n) is 3.08. The molecule has 0 unspecified atom stereocenters. The average molecular weight is 275 g/mol. The Labute approximate surface area is 116 Å². The maximum atomic E-state index is 10.9. The number of benzene rings is 1. The van der Waals surface area contributed by atoms with Crippen LogP contribution >= 0.6 is 0 Å². The predicted octanol–water partition coefficient (Wildman–Crippen LogP) is 1.54. The summed E-state index contributed by atoms with van der Waals surface area (Å²) in [5.41, 5.74) is 6.57. The zero-order valence-corrected chi connectivity index (χ0v) is 11.5. The highest BCUT2D eigenvalue weighted by molar-refractivity contribution is 5.59. The molecule has 0 fully saturated rings. The van der Waals surface area contributed by atoms with E-state index in [-0.39, 0.29) is 11.4 Å². The van der Waals surface area contributed by atoms with Gasteiger partial charge in [-0.05, 0) is 18.7 Å². The quantitative estimate of drug-likeness (QED) is 0.508. The second-order valence-corrected chi connectivity index (χ2v) is 4.78. The van der Waals surface area contributed by atoms with Gasteiger partial charge in [0.25, 0.3) is 5.69 Å². The van der Waals surface area contributed by atoms with Gasteiger partial charge in [0.15, 0.2) is 0 Å². The molecular formula is C13H17N5O2. The number of aromatic nitrogens is 2. The third kappa shape index (κ3) is 3.12. The van der Waals surface area contributed by atoms with Crippen molar-refractivity contribution in [2.24, 2.45) is 7.05 Å². The van der Waals surface area contributed by atoms with Gasteiger partial charge >= 0.3 is 0 Å². The Morgan fingerprint density at radius 3 is 2.80 bits per heavy atom. The van der Waals surface area contributed by atoms with E-state index in [2.05, 4.69) is 4.98 Å². The lowest BCUT2D eigenvalue weighted by Gasteiger charge is -2.16. The number of nitrogen functional groups attached to an aromatic ring is 1. The molecule has 0 spiro atoms. The SMILES string of the molecule is CN(Cc1ccc(N)c([N+](=O)[O-])c1)Cc1nccn1C. The van der Waals surface area contributed by atoms with Gasteiger partial charge in [0.2, 0.25) is 0 Å². The molecule has 0 saturated carbocycles. The van der Waals surface area contributed by atoms with Crippen LogP contribution in [0.1, 0.15) is 11.4 Å². The van der Waals surface area contributed by atoms with E-state index >= 15 is 0 Å². The Morgan fingerprint density at radius 2 is 2.20 bits per heavy atom. The van der Waals surface area contributed by atoms with Crippen molar-refractivity contribution < 1.29 is 4.92 Å². The fraction of sp³-hybridized carbons (Fsp3) is 0.308. The molecule has 0 aliphatic heterocycles. The first kappa shape index (κ1) is 14.0. The van der Waals surface area contributed by atoms with Crippen molar-refractivity contribution in [1.82, 2.24) is 14.5 Å². The van der Waals surface area contributed by atoms with Gasteiger partial charge in [-0.3, -0.25) is 15.0 Å². The fourth-order valence-corrected chi connectivity index (χ4v) is 2.00. The van der Waals surface area contributed by atoms with Gasteiger partial charge in [-0.2, -0.15) is 0 Å². The number of anilines is 1. The summed E-state index contributed by atoms with van der Waals surface area (Å²) in [7, 11) is 3.88. The van der Waals surface area contributed by atoms with Gasteiger partial charge in [-0.15, -0.1) is 0 Å². The zero-order valence-electron chi connectivity index (χ0n) is 11.5. The third-order valence-corrected chi connectivity index (χ3v) is 3.08. The number of hydrogen-bond acceptors (Lipinski definition) is 5. The molecule has 0 saturated heterocycles. The summed E-state index contributed by atoms with van der Waals surface area (Å²) in [4.78, 5) is 16.7. The van der Waals surface area contributed by atoms with Crippen molar-refractivity contribution >= 4 is 11.4 Å². The van der Waals surface area contributed by atoms with Crippen LogP contribution in [0.25, 0.3) is 0 Å². The van der Waals surface area contributed by atoms with E-state index in [1.807, 2.05) is 29.8 Å². The molecule has 2 N–H and O–H groups in total. The smallest absolute Gasteiger partial charge is 0.292 e. The Bertz CT molecular complexity index is 623. The molecule has 2 rings (SSSR count). The summed E-state index contributed by atoms with van der Waals surface area (Å²) in [5, 5.41) is 10.9. The molecule has 0 atom stereocenters. The first-order valence-corrected chi connectivity index (χ1v) is 6.15. The monoisotopic (exact) mass is 275 g/mol. The highest BCUT2D eigenvalue weighted by Gasteiger charge is 2.13.